The third-order valence-corrected chi connectivity index (χ3v) is 6.45. The third-order valence-electron chi connectivity index (χ3n) is 6.45. The zero-order valence-electron chi connectivity index (χ0n) is 18.5. The largest absolute Gasteiger partial charge is 0.377 e. The van der Waals surface area contributed by atoms with Crippen molar-refractivity contribution in [3.05, 3.63) is 78.0 Å². The maximum absolute atomic E-state index is 11.2. The minimum absolute atomic E-state index is 0.000428. The normalized spacial score (nSPS) is 14.3. The van der Waals surface area contributed by atoms with Gasteiger partial charge in [0.25, 0.3) is 0 Å². The number of rotatable bonds is 6. The van der Waals surface area contributed by atoms with Gasteiger partial charge in [-0.05, 0) is 73.9 Å². The van der Waals surface area contributed by atoms with Crippen molar-refractivity contribution in [3.8, 4) is 0 Å². The van der Waals surface area contributed by atoms with Gasteiger partial charge in [0.1, 0.15) is 0 Å². The number of carbonyl (C=O) groups excluding carboxylic acids is 1. The van der Waals surface area contributed by atoms with Crippen LogP contribution in [0.25, 0.3) is 21.8 Å². The van der Waals surface area contributed by atoms with Gasteiger partial charge in [-0.3, -0.25) is 9.78 Å². The molecule has 4 aromatic rings. The first-order chi connectivity index (χ1) is 15.6. The van der Waals surface area contributed by atoms with Crippen molar-refractivity contribution in [2.75, 3.05) is 11.9 Å². The molecule has 32 heavy (non-hydrogen) atoms. The summed E-state index contributed by atoms with van der Waals surface area (Å²) in [5, 5.41) is 8.98. The highest BCUT2D eigenvalue weighted by Gasteiger charge is 2.20. The van der Waals surface area contributed by atoms with Crippen LogP contribution in [0.5, 0.6) is 0 Å². The van der Waals surface area contributed by atoms with Crippen LogP contribution in [0.2, 0.25) is 0 Å². The van der Waals surface area contributed by atoms with Crippen LogP contribution in [0, 0.1) is 6.92 Å². The Balaban J connectivity index is 1.47. The molecule has 5 rings (SSSR count). The highest BCUT2D eigenvalue weighted by atomic mass is 16.1. The topological polar surface area (TPSA) is 69.8 Å². The first kappa shape index (κ1) is 20.6. The van der Waals surface area contributed by atoms with E-state index in [9.17, 15) is 4.79 Å². The lowest BCUT2D eigenvalue weighted by atomic mass is 9.92. The summed E-state index contributed by atoms with van der Waals surface area (Å²) in [4.78, 5) is 19.5. The monoisotopic (exact) mass is 425 g/mol. The lowest BCUT2D eigenvalue weighted by molar-refractivity contribution is -0.118. The number of aromatic nitrogens is 2. The van der Waals surface area contributed by atoms with E-state index in [0.717, 1.165) is 35.9 Å². The van der Waals surface area contributed by atoms with Crippen LogP contribution in [0.15, 0.2) is 48.7 Å². The van der Waals surface area contributed by atoms with E-state index in [1.54, 1.807) is 6.92 Å². The lowest BCUT2D eigenvalue weighted by Crippen LogP contribution is -2.22. The number of aromatic amines is 1. The molecule has 163 valence electrons. The summed E-state index contributed by atoms with van der Waals surface area (Å²) in [6.45, 7) is 6.65. The fourth-order valence-corrected chi connectivity index (χ4v) is 4.79. The molecule has 0 saturated carbocycles. The molecule has 1 atom stereocenters. The van der Waals surface area contributed by atoms with E-state index in [4.69, 9.17) is 4.98 Å². The molecule has 1 amide bonds. The van der Waals surface area contributed by atoms with E-state index >= 15 is 0 Å². The van der Waals surface area contributed by atoms with Crippen molar-refractivity contribution in [2.24, 2.45) is 0 Å². The van der Waals surface area contributed by atoms with Gasteiger partial charge in [-0.2, -0.15) is 0 Å². The van der Waals surface area contributed by atoms with Gasteiger partial charge >= 0.3 is 0 Å². The molecule has 2 aromatic heterocycles. The van der Waals surface area contributed by atoms with Gasteiger partial charge in [0.15, 0.2) is 0 Å². The Morgan fingerprint density at radius 3 is 2.88 bits per heavy atom. The highest BCUT2D eigenvalue weighted by Crippen LogP contribution is 2.35. The Labute approximate surface area is 188 Å². The number of nitrogens with zero attached hydrogens (tertiary/aromatic N) is 1. The molecule has 5 nitrogen and oxygen atoms in total. The second-order valence-corrected chi connectivity index (χ2v) is 8.69. The summed E-state index contributed by atoms with van der Waals surface area (Å²) in [6.07, 6.45) is 7.35. The fraction of sp³-hybridized carbons (Fsp3) is 0.296. The molecule has 0 aliphatic heterocycles. The van der Waals surface area contributed by atoms with Gasteiger partial charge in [0.05, 0.1) is 11.6 Å². The Hall–Kier alpha value is -3.34. The zero-order valence-corrected chi connectivity index (χ0v) is 18.5. The van der Waals surface area contributed by atoms with E-state index in [2.05, 4.69) is 65.0 Å². The number of fused-ring (bicyclic) bond motifs is 3. The van der Waals surface area contributed by atoms with E-state index in [1.807, 2.05) is 6.20 Å². The Kier molecular flexibility index (Phi) is 5.56. The summed E-state index contributed by atoms with van der Waals surface area (Å²) >= 11 is 0. The SMILES string of the molecule is [CH2]C(Nc1c2c(nc3ccccc13)CCCC2)c1ccc2[nH]cc(CCNC(C)=O)c2c1. The Morgan fingerprint density at radius 1 is 1.16 bits per heavy atom. The number of aryl methyl sites for hydroxylation is 1. The average molecular weight is 426 g/mol. The Bertz CT molecular complexity index is 1290. The van der Waals surface area contributed by atoms with Crippen LogP contribution in [-0.2, 0) is 24.1 Å². The van der Waals surface area contributed by atoms with Gasteiger partial charge in [0, 0.05) is 47.3 Å². The van der Waals surface area contributed by atoms with Crippen molar-refractivity contribution >= 4 is 33.4 Å². The first-order valence-electron chi connectivity index (χ1n) is 11.4. The predicted molar refractivity (Wildman–Crippen MR) is 131 cm³/mol. The quantitative estimate of drug-likeness (QED) is 0.395. The molecular weight excluding hydrogens is 396 g/mol. The molecule has 0 spiro atoms. The predicted octanol–water partition coefficient (Wildman–Crippen LogP) is 5.26. The molecule has 2 aromatic carbocycles. The molecule has 0 saturated heterocycles. The summed E-state index contributed by atoms with van der Waals surface area (Å²) in [7, 11) is 0. The van der Waals surface area contributed by atoms with E-state index < -0.39 is 0 Å². The van der Waals surface area contributed by atoms with Crippen molar-refractivity contribution < 1.29 is 4.79 Å². The van der Waals surface area contributed by atoms with Crippen LogP contribution in [0.3, 0.4) is 0 Å². The summed E-state index contributed by atoms with van der Waals surface area (Å²) in [5.74, 6) is 0.000428. The molecule has 1 radical (unpaired) electrons. The number of hydrogen-bond acceptors (Lipinski definition) is 3. The summed E-state index contributed by atoms with van der Waals surface area (Å²) in [5.41, 5.74) is 8.26. The molecule has 1 aliphatic rings. The maximum Gasteiger partial charge on any atom is 0.216 e. The number of carbonyl (C=O) groups is 1. The molecule has 1 unspecified atom stereocenters. The minimum atomic E-state index is -0.0886. The molecule has 0 bridgehead atoms. The molecule has 0 fully saturated rings. The van der Waals surface area contributed by atoms with E-state index in [1.165, 1.54) is 46.1 Å². The molecular formula is C27H29N4O. The van der Waals surface area contributed by atoms with Gasteiger partial charge in [-0.25, -0.2) is 0 Å². The van der Waals surface area contributed by atoms with Gasteiger partial charge in [0.2, 0.25) is 5.91 Å². The van der Waals surface area contributed by atoms with Crippen molar-refractivity contribution in [1.82, 2.24) is 15.3 Å². The number of hydrogen-bond donors (Lipinski definition) is 3. The first-order valence-corrected chi connectivity index (χ1v) is 11.4. The van der Waals surface area contributed by atoms with Crippen molar-refractivity contribution in [2.45, 2.75) is 45.1 Å². The highest BCUT2D eigenvalue weighted by molar-refractivity contribution is 5.94. The smallest absolute Gasteiger partial charge is 0.216 e. The van der Waals surface area contributed by atoms with Crippen molar-refractivity contribution in [3.63, 3.8) is 0 Å². The molecule has 2 heterocycles. The van der Waals surface area contributed by atoms with Crippen molar-refractivity contribution in [1.29, 1.82) is 0 Å². The number of H-pyrrole nitrogens is 1. The van der Waals surface area contributed by atoms with Crippen LogP contribution >= 0.6 is 0 Å². The molecule has 1 aliphatic carbocycles. The number of anilines is 1. The second-order valence-electron chi connectivity index (χ2n) is 8.69. The second kappa shape index (κ2) is 8.65. The summed E-state index contributed by atoms with van der Waals surface area (Å²) < 4.78 is 0. The molecule has 5 heteroatoms. The Morgan fingerprint density at radius 2 is 2.00 bits per heavy atom. The third kappa shape index (κ3) is 3.95. The van der Waals surface area contributed by atoms with Crippen LogP contribution in [0.1, 0.15) is 48.2 Å². The average Bonchev–Trinajstić information content (AvgIpc) is 3.21. The lowest BCUT2D eigenvalue weighted by Gasteiger charge is -2.24. The van der Waals surface area contributed by atoms with Crippen LogP contribution in [0.4, 0.5) is 5.69 Å². The van der Waals surface area contributed by atoms with Crippen LogP contribution < -0.4 is 10.6 Å². The minimum Gasteiger partial charge on any atom is -0.377 e. The standard InChI is InChI=1S/C27H29N4O/c1-17(19-11-12-24-23(15-19)20(16-29-24)13-14-28-18(2)32)30-27-21-7-3-5-9-25(21)31-26-10-6-4-8-22(26)27/h3,5,7,9,11-12,15-17,29H,1,4,6,8,10,13-14H2,2H3,(H,28,32)(H,30,31). The van der Waals surface area contributed by atoms with Gasteiger partial charge in [-0.1, -0.05) is 24.3 Å². The number of pyridine rings is 1. The van der Waals surface area contributed by atoms with Gasteiger partial charge in [-0.15, -0.1) is 0 Å². The van der Waals surface area contributed by atoms with Crippen LogP contribution in [-0.4, -0.2) is 22.4 Å². The van der Waals surface area contributed by atoms with Gasteiger partial charge < -0.3 is 15.6 Å². The summed E-state index contributed by atoms with van der Waals surface area (Å²) in [6, 6.07) is 14.8. The zero-order chi connectivity index (χ0) is 22.1. The number of benzene rings is 2. The number of para-hydroxylation sites is 1. The van der Waals surface area contributed by atoms with E-state index in [0.29, 0.717) is 6.54 Å². The number of amides is 1. The molecule has 3 N–H and O–H groups in total. The van der Waals surface area contributed by atoms with E-state index in [-0.39, 0.29) is 11.9 Å². The fourth-order valence-electron chi connectivity index (χ4n) is 4.79. The number of nitrogens with one attached hydrogen (secondary N) is 3. The maximum atomic E-state index is 11.2.